The Bertz CT molecular complexity index is 886. The lowest BCUT2D eigenvalue weighted by Crippen LogP contribution is -2.30. The van der Waals surface area contributed by atoms with E-state index in [1.807, 2.05) is 0 Å². The van der Waals surface area contributed by atoms with E-state index >= 15 is 0 Å². The second-order valence-electron chi connectivity index (χ2n) is 6.16. The lowest BCUT2D eigenvalue weighted by molar-refractivity contribution is -0.124. The highest BCUT2D eigenvalue weighted by Gasteiger charge is 2.17. The highest BCUT2D eigenvalue weighted by Crippen LogP contribution is 2.31. The summed E-state index contributed by atoms with van der Waals surface area (Å²) in [7, 11) is 0. The first kappa shape index (κ1) is 19.9. The number of nitrogens with one attached hydrogen (secondary N) is 2. The van der Waals surface area contributed by atoms with Crippen molar-refractivity contribution < 1.29 is 23.5 Å². The third kappa shape index (κ3) is 5.56. The molecule has 28 heavy (non-hydrogen) atoms. The standard InChI is InChI=1S/C20H19FN2O4S/c21-15-4-1-13(2-5-15)7-9-22-19(25)12-27-20(26)14-3-6-17-16(11-14)23-18(24)8-10-28-17/h1-6,11H,7-10,12H2,(H,22,25)(H,23,24). The average Bonchev–Trinajstić information content (AvgIpc) is 2.87. The number of rotatable bonds is 6. The lowest BCUT2D eigenvalue weighted by Gasteiger charge is -2.09. The first-order chi connectivity index (χ1) is 13.5. The smallest absolute Gasteiger partial charge is 0.338 e. The van der Waals surface area contributed by atoms with Gasteiger partial charge in [-0.3, -0.25) is 9.59 Å². The molecule has 0 radical (unpaired) electrons. The van der Waals surface area contributed by atoms with Crippen LogP contribution in [0.3, 0.4) is 0 Å². The van der Waals surface area contributed by atoms with Gasteiger partial charge in [-0.2, -0.15) is 0 Å². The van der Waals surface area contributed by atoms with Crippen LogP contribution in [0.2, 0.25) is 0 Å². The average molecular weight is 402 g/mol. The molecule has 0 saturated carbocycles. The zero-order valence-electron chi connectivity index (χ0n) is 15.0. The summed E-state index contributed by atoms with van der Waals surface area (Å²) in [5.41, 5.74) is 1.73. The number of halogens is 1. The predicted molar refractivity (Wildman–Crippen MR) is 104 cm³/mol. The molecule has 2 amide bonds. The van der Waals surface area contributed by atoms with Gasteiger partial charge in [0, 0.05) is 23.6 Å². The molecule has 0 fully saturated rings. The summed E-state index contributed by atoms with van der Waals surface area (Å²) in [6, 6.07) is 10.9. The molecule has 0 spiro atoms. The van der Waals surface area contributed by atoms with Gasteiger partial charge in [-0.1, -0.05) is 12.1 Å². The molecular weight excluding hydrogens is 383 g/mol. The van der Waals surface area contributed by atoms with Gasteiger partial charge < -0.3 is 15.4 Å². The van der Waals surface area contributed by atoms with Gasteiger partial charge in [0.1, 0.15) is 5.82 Å². The first-order valence-corrected chi connectivity index (χ1v) is 9.75. The quantitative estimate of drug-likeness (QED) is 0.726. The van der Waals surface area contributed by atoms with E-state index in [2.05, 4.69) is 10.6 Å². The molecule has 0 saturated heterocycles. The molecule has 0 atom stereocenters. The molecule has 0 bridgehead atoms. The Balaban J connectivity index is 1.46. The molecule has 2 aromatic rings. The highest BCUT2D eigenvalue weighted by molar-refractivity contribution is 7.99. The van der Waals surface area contributed by atoms with Crippen LogP contribution in [-0.4, -0.2) is 36.7 Å². The maximum atomic E-state index is 12.8. The van der Waals surface area contributed by atoms with Gasteiger partial charge in [0.15, 0.2) is 6.61 Å². The van der Waals surface area contributed by atoms with E-state index in [1.54, 1.807) is 30.3 Å². The minimum absolute atomic E-state index is 0.0997. The van der Waals surface area contributed by atoms with Gasteiger partial charge in [0.25, 0.3) is 5.91 Å². The Kier molecular flexibility index (Phi) is 6.65. The number of fused-ring (bicyclic) bond motifs is 1. The predicted octanol–water partition coefficient (Wildman–Crippen LogP) is 2.78. The number of hydrogen-bond donors (Lipinski definition) is 2. The fraction of sp³-hybridized carbons (Fsp3) is 0.250. The van der Waals surface area contributed by atoms with Crippen molar-refractivity contribution in [1.29, 1.82) is 0 Å². The van der Waals surface area contributed by atoms with Gasteiger partial charge in [-0.25, -0.2) is 9.18 Å². The molecule has 0 unspecified atom stereocenters. The van der Waals surface area contributed by atoms with Crippen molar-refractivity contribution in [1.82, 2.24) is 5.32 Å². The van der Waals surface area contributed by atoms with Gasteiger partial charge >= 0.3 is 5.97 Å². The van der Waals surface area contributed by atoms with Crippen LogP contribution in [0.15, 0.2) is 47.4 Å². The number of thioether (sulfide) groups is 1. The van der Waals surface area contributed by atoms with E-state index in [0.717, 1.165) is 10.5 Å². The van der Waals surface area contributed by atoms with Crippen LogP contribution >= 0.6 is 11.8 Å². The monoisotopic (exact) mass is 402 g/mol. The minimum atomic E-state index is -0.639. The van der Waals surface area contributed by atoms with Gasteiger partial charge in [0.2, 0.25) is 5.91 Å². The fourth-order valence-electron chi connectivity index (χ4n) is 2.61. The summed E-state index contributed by atoms with van der Waals surface area (Å²) < 4.78 is 17.9. The number of carbonyl (C=O) groups is 3. The number of benzene rings is 2. The van der Waals surface area contributed by atoms with E-state index in [4.69, 9.17) is 4.74 Å². The Morgan fingerprint density at radius 1 is 1.18 bits per heavy atom. The van der Waals surface area contributed by atoms with E-state index in [0.29, 0.717) is 30.8 Å². The van der Waals surface area contributed by atoms with Crippen molar-refractivity contribution in [3.8, 4) is 0 Å². The normalized spacial score (nSPS) is 13.1. The van der Waals surface area contributed by atoms with Crippen LogP contribution < -0.4 is 10.6 Å². The largest absolute Gasteiger partial charge is 0.452 e. The van der Waals surface area contributed by atoms with Crippen LogP contribution in [0.1, 0.15) is 22.3 Å². The number of ether oxygens (including phenoxy) is 1. The molecule has 6 nitrogen and oxygen atoms in total. The molecule has 146 valence electrons. The Morgan fingerprint density at radius 3 is 2.75 bits per heavy atom. The Hall–Kier alpha value is -2.87. The molecule has 2 aromatic carbocycles. The summed E-state index contributed by atoms with van der Waals surface area (Å²) in [6.45, 7) is -0.0510. The zero-order chi connectivity index (χ0) is 19.9. The molecular formula is C20H19FN2O4S. The van der Waals surface area contributed by atoms with E-state index < -0.39 is 18.5 Å². The van der Waals surface area contributed by atoms with Gasteiger partial charge in [-0.15, -0.1) is 11.8 Å². The minimum Gasteiger partial charge on any atom is -0.452 e. The van der Waals surface area contributed by atoms with Crippen molar-refractivity contribution in [2.45, 2.75) is 17.7 Å². The SMILES string of the molecule is O=C(COC(=O)c1ccc2c(c1)NC(=O)CCS2)NCCc1ccc(F)cc1. The highest BCUT2D eigenvalue weighted by atomic mass is 32.2. The molecule has 0 aromatic heterocycles. The fourth-order valence-corrected chi connectivity index (χ4v) is 3.55. The number of hydrogen-bond acceptors (Lipinski definition) is 5. The van der Waals surface area contributed by atoms with Crippen molar-refractivity contribution in [2.75, 3.05) is 24.2 Å². The summed E-state index contributed by atoms with van der Waals surface area (Å²) >= 11 is 1.54. The summed E-state index contributed by atoms with van der Waals surface area (Å²) in [5.74, 6) is -0.789. The summed E-state index contributed by atoms with van der Waals surface area (Å²) in [5, 5.41) is 5.41. The van der Waals surface area contributed by atoms with Crippen molar-refractivity contribution >= 4 is 35.2 Å². The van der Waals surface area contributed by atoms with Crippen LogP contribution in [0.25, 0.3) is 0 Å². The Morgan fingerprint density at radius 2 is 1.96 bits per heavy atom. The number of anilines is 1. The van der Waals surface area contributed by atoms with E-state index in [-0.39, 0.29) is 17.3 Å². The first-order valence-electron chi connectivity index (χ1n) is 8.76. The summed E-state index contributed by atoms with van der Waals surface area (Å²) in [6.07, 6.45) is 0.958. The van der Waals surface area contributed by atoms with Crippen molar-refractivity contribution in [2.24, 2.45) is 0 Å². The maximum absolute atomic E-state index is 12.8. The second kappa shape index (κ2) is 9.36. The molecule has 2 N–H and O–H groups in total. The number of esters is 1. The number of carbonyl (C=O) groups excluding carboxylic acids is 3. The van der Waals surface area contributed by atoms with Gasteiger partial charge in [-0.05, 0) is 42.3 Å². The van der Waals surface area contributed by atoms with E-state index in [1.165, 1.54) is 23.9 Å². The lowest BCUT2D eigenvalue weighted by atomic mass is 10.1. The molecule has 1 heterocycles. The molecule has 1 aliphatic heterocycles. The van der Waals surface area contributed by atoms with Crippen LogP contribution in [0.5, 0.6) is 0 Å². The Labute approximate surface area is 165 Å². The molecule has 1 aliphatic rings. The van der Waals surface area contributed by atoms with Crippen molar-refractivity contribution in [3.05, 3.63) is 59.4 Å². The van der Waals surface area contributed by atoms with Gasteiger partial charge in [0.05, 0.1) is 11.3 Å². The third-order valence-electron chi connectivity index (χ3n) is 4.06. The van der Waals surface area contributed by atoms with E-state index in [9.17, 15) is 18.8 Å². The zero-order valence-corrected chi connectivity index (χ0v) is 15.8. The molecule has 3 rings (SSSR count). The summed E-state index contributed by atoms with van der Waals surface area (Å²) in [4.78, 5) is 36.5. The topological polar surface area (TPSA) is 84.5 Å². The second-order valence-corrected chi connectivity index (χ2v) is 7.30. The van der Waals surface area contributed by atoms with Crippen LogP contribution in [0.4, 0.5) is 10.1 Å². The van der Waals surface area contributed by atoms with Crippen molar-refractivity contribution in [3.63, 3.8) is 0 Å². The maximum Gasteiger partial charge on any atom is 0.338 e. The molecule has 0 aliphatic carbocycles. The van der Waals surface area contributed by atoms with Crippen LogP contribution in [-0.2, 0) is 20.7 Å². The molecule has 8 heteroatoms. The third-order valence-corrected chi connectivity index (χ3v) is 5.13. The number of amides is 2. The van der Waals surface area contributed by atoms with Crippen LogP contribution in [0, 0.1) is 5.82 Å².